The highest BCUT2D eigenvalue weighted by atomic mass is 79.9. The highest BCUT2D eigenvalue weighted by Gasteiger charge is 2.44. The summed E-state index contributed by atoms with van der Waals surface area (Å²) in [6.45, 7) is 5.91. The van der Waals surface area contributed by atoms with Crippen LogP contribution in [0.15, 0.2) is 5.10 Å². The number of rotatable bonds is 1. The maximum atomic E-state index is 11.5. The van der Waals surface area contributed by atoms with Gasteiger partial charge in [0, 0.05) is 7.05 Å². The molecule has 1 amide bonds. The van der Waals surface area contributed by atoms with Gasteiger partial charge in [-0.15, -0.1) is 0 Å². The average Bonchev–Trinajstić information content (AvgIpc) is 2.13. The Kier molecular flexibility index (Phi) is 2.29. The number of amides is 1. The average molecular weight is 233 g/mol. The molecule has 0 spiro atoms. The molecule has 0 saturated heterocycles. The third kappa shape index (κ3) is 1.28. The molecule has 4 heteroatoms. The van der Waals surface area contributed by atoms with Crippen LogP contribution in [0.5, 0.6) is 0 Å². The van der Waals surface area contributed by atoms with Crippen molar-refractivity contribution >= 4 is 27.5 Å². The zero-order valence-corrected chi connectivity index (χ0v) is 9.34. The van der Waals surface area contributed by atoms with Gasteiger partial charge in [-0.05, 0) is 12.8 Å². The van der Waals surface area contributed by atoms with Gasteiger partial charge in [-0.3, -0.25) is 4.79 Å². The van der Waals surface area contributed by atoms with E-state index in [0.29, 0.717) is 5.92 Å². The van der Waals surface area contributed by atoms with Gasteiger partial charge in [-0.2, -0.15) is 5.10 Å². The number of halogens is 1. The number of carbonyl (C=O) groups is 1. The second-order valence-electron chi connectivity index (χ2n) is 3.47. The summed E-state index contributed by atoms with van der Waals surface area (Å²) in [5.41, 5.74) is 0.898. The standard InChI is InChI=1S/C8H13BrN2O/c1-5(2)6-8(3,9)7(12)11(4)10-6/h5H,1-4H3. The van der Waals surface area contributed by atoms with Crippen molar-refractivity contribution in [3.05, 3.63) is 0 Å². The van der Waals surface area contributed by atoms with E-state index in [1.54, 1.807) is 7.05 Å². The summed E-state index contributed by atoms with van der Waals surface area (Å²) >= 11 is 3.39. The van der Waals surface area contributed by atoms with Gasteiger partial charge >= 0.3 is 0 Å². The number of hydrogen-bond donors (Lipinski definition) is 0. The van der Waals surface area contributed by atoms with Gasteiger partial charge in [-0.25, -0.2) is 5.01 Å². The number of hydrazone groups is 1. The Balaban J connectivity index is 3.03. The van der Waals surface area contributed by atoms with E-state index < -0.39 is 4.32 Å². The first kappa shape index (κ1) is 9.71. The van der Waals surface area contributed by atoms with E-state index >= 15 is 0 Å². The highest BCUT2D eigenvalue weighted by Crippen LogP contribution is 2.31. The maximum Gasteiger partial charge on any atom is 0.264 e. The van der Waals surface area contributed by atoms with Crippen molar-refractivity contribution in [2.75, 3.05) is 7.05 Å². The molecule has 0 aromatic heterocycles. The quantitative estimate of drug-likeness (QED) is 0.633. The fraction of sp³-hybridized carbons (Fsp3) is 0.750. The minimum Gasteiger partial charge on any atom is -0.271 e. The normalized spacial score (nSPS) is 30.0. The molecule has 1 rings (SSSR count). The summed E-state index contributed by atoms with van der Waals surface area (Å²) in [6.07, 6.45) is 0. The Labute approximate surface area is 80.9 Å². The van der Waals surface area contributed by atoms with Crippen LogP contribution in [0.3, 0.4) is 0 Å². The molecular weight excluding hydrogens is 220 g/mol. The molecule has 0 saturated carbocycles. The van der Waals surface area contributed by atoms with E-state index in [1.165, 1.54) is 5.01 Å². The Morgan fingerprint density at radius 3 is 2.25 bits per heavy atom. The molecule has 0 aromatic rings. The summed E-state index contributed by atoms with van der Waals surface area (Å²) in [4.78, 5) is 11.5. The minimum absolute atomic E-state index is 0.00574. The fourth-order valence-corrected chi connectivity index (χ4v) is 2.17. The zero-order chi connectivity index (χ0) is 9.52. The lowest BCUT2D eigenvalue weighted by molar-refractivity contribution is -0.128. The Bertz CT molecular complexity index is 245. The van der Waals surface area contributed by atoms with Crippen LogP contribution in [0.2, 0.25) is 0 Å². The van der Waals surface area contributed by atoms with E-state index in [1.807, 2.05) is 20.8 Å². The van der Waals surface area contributed by atoms with Crippen molar-refractivity contribution in [3.63, 3.8) is 0 Å². The van der Waals surface area contributed by atoms with Crippen LogP contribution >= 0.6 is 15.9 Å². The summed E-state index contributed by atoms with van der Waals surface area (Å²) in [7, 11) is 1.68. The molecule has 1 unspecified atom stereocenters. The largest absolute Gasteiger partial charge is 0.271 e. The minimum atomic E-state index is -0.587. The van der Waals surface area contributed by atoms with Gasteiger partial charge in [0.05, 0.1) is 5.71 Å². The van der Waals surface area contributed by atoms with E-state index in [2.05, 4.69) is 21.0 Å². The highest BCUT2D eigenvalue weighted by molar-refractivity contribution is 9.10. The van der Waals surface area contributed by atoms with Crippen molar-refractivity contribution in [1.82, 2.24) is 5.01 Å². The van der Waals surface area contributed by atoms with Gasteiger partial charge in [0.1, 0.15) is 4.32 Å². The molecule has 0 bridgehead atoms. The van der Waals surface area contributed by atoms with Crippen LogP contribution in [-0.2, 0) is 4.79 Å². The van der Waals surface area contributed by atoms with Crippen molar-refractivity contribution < 1.29 is 4.79 Å². The first-order valence-electron chi connectivity index (χ1n) is 3.93. The molecule has 0 aliphatic carbocycles. The predicted octanol–water partition coefficient (Wildman–Crippen LogP) is 1.62. The molecule has 1 heterocycles. The van der Waals surface area contributed by atoms with Gasteiger partial charge in [0.2, 0.25) is 0 Å². The zero-order valence-electron chi connectivity index (χ0n) is 7.76. The molecule has 0 fully saturated rings. The van der Waals surface area contributed by atoms with E-state index in [9.17, 15) is 4.79 Å². The van der Waals surface area contributed by atoms with Gasteiger partial charge in [-0.1, -0.05) is 29.8 Å². The molecule has 12 heavy (non-hydrogen) atoms. The van der Waals surface area contributed by atoms with Gasteiger partial charge < -0.3 is 0 Å². The summed E-state index contributed by atoms with van der Waals surface area (Å²) in [5, 5.41) is 5.57. The lowest BCUT2D eigenvalue weighted by Gasteiger charge is -2.17. The molecule has 1 atom stereocenters. The topological polar surface area (TPSA) is 32.7 Å². The smallest absolute Gasteiger partial charge is 0.264 e. The third-order valence-corrected chi connectivity index (χ3v) is 2.73. The van der Waals surface area contributed by atoms with Crippen LogP contribution in [-0.4, -0.2) is 28.0 Å². The molecule has 0 N–H and O–H groups in total. The molecule has 1 aliphatic rings. The molecule has 0 radical (unpaired) electrons. The van der Waals surface area contributed by atoms with Crippen LogP contribution in [0.25, 0.3) is 0 Å². The Hall–Kier alpha value is -0.380. The SMILES string of the molecule is CC(C)C1=NN(C)C(=O)C1(C)Br. The molecule has 1 aliphatic heterocycles. The summed E-state index contributed by atoms with van der Waals surface area (Å²) in [5.74, 6) is 0.300. The van der Waals surface area contributed by atoms with Crippen LogP contribution in [0.1, 0.15) is 20.8 Å². The monoisotopic (exact) mass is 232 g/mol. The first-order valence-corrected chi connectivity index (χ1v) is 4.72. The van der Waals surface area contributed by atoms with Crippen LogP contribution < -0.4 is 0 Å². The van der Waals surface area contributed by atoms with E-state index in [0.717, 1.165) is 5.71 Å². The molecular formula is C8H13BrN2O. The second-order valence-corrected chi connectivity index (χ2v) is 5.06. The lowest BCUT2D eigenvalue weighted by Crippen LogP contribution is -2.38. The Morgan fingerprint density at radius 1 is 1.58 bits per heavy atom. The van der Waals surface area contributed by atoms with E-state index in [4.69, 9.17) is 0 Å². The summed E-state index contributed by atoms with van der Waals surface area (Å²) < 4.78 is -0.587. The van der Waals surface area contributed by atoms with Crippen molar-refractivity contribution in [3.8, 4) is 0 Å². The molecule has 0 aromatic carbocycles. The summed E-state index contributed by atoms with van der Waals surface area (Å²) in [6, 6.07) is 0. The van der Waals surface area contributed by atoms with E-state index in [-0.39, 0.29) is 5.91 Å². The van der Waals surface area contributed by atoms with Crippen molar-refractivity contribution in [1.29, 1.82) is 0 Å². The lowest BCUT2D eigenvalue weighted by atomic mass is 9.96. The predicted molar refractivity (Wildman–Crippen MR) is 52.4 cm³/mol. The number of hydrogen-bond acceptors (Lipinski definition) is 2. The van der Waals surface area contributed by atoms with Crippen molar-refractivity contribution in [2.45, 2.75) is 25.1 Å². The van der Waals surface area contributed by atoms with Crippen molar-refractivity contribution in [2.24, 2.45) is 11.0 Å². The maximum absolute atomic E-state index is 11.5. The molecule has 68 valence electrons. The van der Waals surface area contributed by atoms with Crippen LogP contribution in [0, 0.1) is 5.92 Å². The van der Waals surface area contributed by atoms with Gasteiger partial charge in [0.25, 0.3) is 5.91 Å². The van der Waals surface area contributed by atoms with Gasteiger partial charge in [0.15, 0.2) is 0 Å². The second kappa shape index (κ2) is 2.83. The third-order valence-electron chi connectivity index (χ3n) is 1.98. The first-order chi connectivity index (χ1) is 5.37. The number of nitrogens with zero attached hydrogens (tertiary/aromatic N) is 2. The number of carbonyl (C=O) groups excluding carboxylic acids is 1. The Morgan fingerprint density at radius 2 is 2.08 bits per heavy atom. The van der Waals surface area contributed by atoms with Crippen LogP contribution in [0.4, 0.5) is 0 Å². The fourth-order valence-electron chi connectivity index (χ4n) is 1.37. The molecule has 3 nitrogen and oxygen atoms in total. The number of alkyl halides is 1.